The second kappa shape index (κ2) is 6.26. The van der Waals surface area contributed by atoms with E-state index in [0.717, 1.165) is 32.9 Å². The Labute approximate surface area is 151 Å². The molecule has 3 aromatic rings. The fourth-order valence-electron chi connectivity index (χ4n) is 3.02. The van der Waals surface area contributed by atoms with E-state index in [-0.39, 0.29) is 12.1 Å². The Morgan fingerprint density at radius 1 is 0.960 bits per heavy atom. The first-order chi connectivity index (χ1) is 12.1. The molecule has 0 radical (unpaired) electrons. The van der Waals surface area contributed by atoms with Crippen molar-refractivity contribution in [2.45, 2.75) is 6.17 Å². The summed E-state index contributed by atoms with van der Waals surface area (Å²) in [5.41, 5.74) is 4.95. The maximum atomic E-state index is 12.7. The summed E-state index contributed by atoms with van der Waals surface area (Å²) in [7, 11) is 4.03. The van der Waals surface area contributed by atoms with E-state index in [9.17, 15) is 4.79 Å². The Hall–Kier alpha value is -2.79. The van der Waals surface area contributed by atoms with Gasteiger partial charge in [-0.2, -0.15) is 0 Å². The molecule has 1 aliphatic heterocycles. The largest absolute Gasteiger partial charge is 0.378 e. The smallest absolute Gasteiger partial charge is 0.256 e. The molecule has 4 nitrogen and oxygen atoms in total. The number of nitrogens with zero attached hydrogens (tertiary/aromatic N) is 1. The number of hydrogen-bond donors (Lipinski definition) is 2. The van der Waals surface area contributed by atoms with E-state index in [0.29, 0.717) is 0 Å². The van der Waals surface area contributed by atoms with E-state index in [2.05, 4.69) is 27.7 Å². The molecule has 2 aromatic carbocycles. The number of carbonyl (C=O) groups excluding carboxylic acids is 1. The molecule has 5 heteroatoms. The SMILES string of the molecule is CN(C)c1ccc([C@H]2NC(=O)c3c(-c4ccccc4)csc3N2)cc1. The maximum Gasteiger partial charge on any atom is 0.256 e. The first-order valence-corrected chi connectivity index (χ1v) is 9.03. The van der Waals surface area contributed by atoms with Gasteiger partial charge in [0.1, 0.15) is 11.2 Å². The van der Waals surface area contributed by atoms with Gasteiger partial charge in [0.05, 0.1) is 5.56 Å². The first-order valence-electron chi connectivity index (χ1n) is 8.15. The van der Waals surface area contributed by atoms with Crippen LogP contribution in [0.4, 0.5) is 10.7 Å². The lowest BCUT2D eigenvalue weighted by atomic mass is 10.0. The summed E-state index contributed by atoms with van der Waals surface area (Å²) in [5, 5.41) is 9.50. The van der Waals surface area contributed by atoms with Gasteiger partial charge in [-0.3, -0.25) is 4.79 Å². The average Bonchev–Trinajstić information content (AvgIpc) is 3.07. The molecule has 4 rings (SSSR count). The van der Waals surface area contributed by atoms with Crippen LogP contribution in [0.2, 0.25) is 0 Å². The Kier molecular flexibility index (Phi) is 3.93. The van der Waals surface area contributed by atoms with Gasteiger partial charge in [-0.25, -0.2) is 0 Å². The van der Waals surface area contributed by atoms with Crippen LogP contribution in [0.5, 0.6) is 0 Å². The van der Waals surface area contributed by atoms with Crippen molar-refractivity contribution >= 4 is 27.9 Å². The van der Waals surface area contributed by atoms with Crippen LogP contribution >= 0.6 is 11.3 Å². The van der Waals surface area contributed by atoms with Gasteiger partial charge in [-0.1, -0.05) is 42.5 Å². The third-order valence-corrected chi connectivity index (χ3v) is 5.31. The zero-order chi connectivity index (χ0) is 17.4. The predicted octanol–water partition coefficient (Wildman–Crippen LogP) is 4.34. The molecule has 2 heterocycles. The molecule has 0 unspecified atom stereocenters. The van der Waals surface area contributed by atoms with Crippen molar-refractivity contribution in [2.24, 2.45) is 0 Å². The van der Waals surface area contributed by atoms with Crippen molar-refractivity contribution in [3.05, 3.63) is 71.1 Å². The summed E-state index contributed by atoms with van der Waals surface area (Å²) >= 11 is 1.58. The lowest BCUT2D eigenvalue weighted by Gasteiger charge is -2.27. The molecular formula is C20H19N3OS. The molecule has 0 fully saturated rings. The standard InChI is InChI=1S/C20H19N3OS/c1-23(2)15-10-8-14(9-11-15)18-21-19(24)17-16(12-25-20(17)22-18)13-6-4-3-5-7-13/h3-12,18,22H,1-2H3,(H,21,24)/t18-/m0/s1. The minimum Gasteiger partial charge on any atom is -0.378 e. The molecule has 25 heavy (non-hydrogen) atoms. The Bertz CT molecular complexity index is 900. The van der Waals surface area contributed by atoms with E-state index < -0.39 is 0 Å². The minimum atomic E-state index is -0.210. The van der Waals surface area contributed by atoms with Crippen LogP contribution in [-0.4, -0.2) is 20.0 Å². The van der Waals surface area contributed by atoms with Crippen molar-refractivity contribution in [3.8, 4) is 11.1 Å². The molecule has 0 bridgehead atoms. The number of hydrogen-bond acceptors (Lipinski definition) is 4. The van der Waals surface area contributed by atoms with Gasteiger partial charge < -0.3 is 15.5 Å². The van der Waals surface area contributed by atoms with Gasteiger partial charge >= 0.3 is 0 Å². The van der Waals surface area contributed by atoms with Crippen LogP contribution in [0.15, 0.2) is 60.0 Å². The Balaban J connectivity index is 1.64. The molecule has 0 saturated heterocycles. The Morgan fingerprint density at radius 2 is 1.68 bits per heavy atom. The number of rotatable bonds is 3. The Morgan fingerprint density at radius 3 is 2.36 bits per heavy atom. The molecule has 2 N–H and O–H groups in total. The molecule has 0 spiro atoms. The topological polar surface area (TPSA) is 44.4 Å². The number of nitrogens with one attached hydrogen (secondary N) is 2. The van der Waals surface area contributed by atoms with Crippen molar-refractivity contribution in [2.75, 3.05) is 24.3 Å². The number of anilines is 2. The summed E-state index contributed by atoms with van der Waals surface area (Å²) in [4.78, 5) is 14.8. The van der Waals surface area contributed by atoms with Gasteiger partial charge in [0, 0.05) is 30.7 Å². The van der Waals surface area contributed by atoms with Crippen molar-refractivity contribution in [1.29, 1.82) is 0 Å². The fraction of sp³-hybridized carbons (Fsp3) is 0.150. The van der Waals surface area contributed by atoms with Crippen LogP contribution in [0.3, 0.4) is 0 Å². The fourth-order valence-corrected chi connectivity index (χ4v) is 4.02. The van der Waals surface area contributed by atoms with Crippen LogP contribution < -0.4 is 15.5 Å². The minimum absolute atomic E-state index is 0.0319. The number of amides is 1. The zero-order valence-electron chi connectivity index (χ0n) is 14.1. The van der Waals surface area contributed by atoms with E-state index in [1.165, 1.54) is 0 Å². The number of carbonyl (C=O) groups is 1. The summed E-state index contributed by atoms with van der Waals surface area (Å²) in [6.07, 6.45) is -0.210. The highest BCUT2D eigenvalue weighted by atomic mass is 32.1. The van der Waals surface area contributed by atoms with Gasteiger partial charge in [-0.15, -0.1) is 11.3 Å². The maximum absolute atomic E-state index is 12.7. The molecule has 0 aliphatic carbocycles. The van der Waals surface area contributed by atoms with Crippen molar-refractivity contribution in [1.82, 2.24) is 5.32 Å². The van der Waals surface area contributed by atoms with Gasteiger partial charge in [0.25, 0.3) is 5.91 Å². The van der Waals surface area contributed by atoms with Crippen LogP contribution in [-0.2, 0) is 0 Å². The zero-order valence-corrected chi connectivity index (χ0v) is 14.9. The van der Waals surface area contributed by atoms with E-state index in [1.807, 2.05) is 61.9 Å². The molecule has 1 amide bonds. The normalized spacial score (nSPS) is 15.9. The molecule has 126 valence electrons. The third kappa shape index (κ3) is 2.87. The van der Waals surface area contributed by atoms with Crippen molar-refractivity contribution in [3.63, 3.8) is 0 Å². The van der Waals surface area contributed by atoms with Crippen molar-refractivity contribution < 1.29 is 4.79 Å². The van der Waals surface area contributed by atoms with Gasteiger partial charge in [0.15, 0.2) is 0 Å². The lowest BCUT2D eigenvalue weighted by molar-refractivity contribution is 0.0937. The summed E-state index contributed by atoms with van der Waals surface area (Å²) in [5.74, 6) is -0.0319. The van der Waals surface area contributed by atoms with E-state index >= 15 is 0 Å². The molecular weight excluding hydrogens is 330 g/mol. The van der Waals surface area contributed by atoms with E-state index in [1.54, 1.807) is 11.3 Å². The number of fused-ring (bicyclic) bond motifs is 1. The molecule has 1 atom stereocenters. The molecule has 1 aromatic heterocycles. The second-order valence-electron chi connectivity index (χ2n) is 6.26. The number of thiophene rings is 1. The average molecular weight is 349 g/mol. The third-order valence-electron chi connectivity index (χ3n) is 4.40. The number of benzene rings is 2. The monoisotopic (exact) mass is 349 g/mol. The first kappa shape index (κ1) is 15.7. The summed E-state index contributed by atoms with van der Waals surface area (Å²) < 4.78 is 0. The highest BCUT2D eigenvalue weighted by Gasteiger charge is 2.29. The lowest BCUT2D eigenvalue weighted by Crippen LogP contribution is -2.37. The molecule has 1 aliphatic rings. The summed E-state index contributed by atoms with van der Waals surface area (Å²) in [6, 6.07) is 18.2. The van der Waals surface area contributed by atoms with Gasteiger partial charge in [-0.05, 0) is 23.3 Å². The van der Waals surface area contributed by atoms with Crippen LogP contribution in [0.1, 0.15) is 22.1 Å². The highest BCUT2D eigenvalue weighted by molar-refractivity contribution is 7.15. The quantitative estimate of drug-likeness (QED) is 0.739. The summed E-state index contributed by atoms with van der Waals surface area (Å²) in [6.45, 7) is 0. The predicted molar refractivity (Wildman–Crippen MR) is 104 cm³/mol. The van der Waals surface area contributed by atoms with Gasteiger partial charge in [0.2, 0.25) is 0 Å². The highest BCUT2D eigenvalue weighted by Crippen LogP contribution is 2.39. The van der Waals surface area contributed by atoms with Crippen LogP contribution in [0.25, 0.3) is 11.1 Å². The van der Waals surface area contributed by atoms with Crippen LogP contribution in [0, 0.1) is 0 Å². The second-order valence-corrected chi connectivity index (χ2v) is 7.14. The molecule has 0 saturated carbocycles. The van der Waals surface area contributed by atoms with E-state index in [4.69, 9.17) is 0 Å².